The lowest BCUT2D eigenvalue weighted by atomic mass is 10.2. The van der Waals surface area contributed by atoms with Gasteiger partial charge in [-0.25, -0.2) is 0 Å². The second kappa shape index (κ2) is 9.74. The van der Waals surface area contributed by atoms with Crippen molar-refractivity contribution in [3.05, 3.63) is 24.5 Å². The van der Waals surface area contributed by atoms with Crippen LogP contribution in [-0.4, -0.2) is 18.1 Å². The van der Waals surface area contributed by atoms with Crippen LogP contribution in [0, 0.1) is 0 Å². The molecule has 1 aromatic rings. The molecule has 0 spiro atoms. The van der Waals surface area contributed by atoms with Crippen LogP contribution in [0.1, 0.15) is 25.7 Å². The minimum atomic E-state index is 0. The highest BCUT2D eigenvalue weighted by molar-refractivity contribution is 5.85. The number of halogens is 1. The predicted octanol–water partition coefficient (Wildman–Crippen LogP) is 2.40. The maximum absolute atomic E-state index is 5.49. The molecule has 2 N–H and O–H groups in total. The SMILES string of the molecule is Cl.NCCCCCCOc1cccnc1. The molecule has 3 nitrogen and oxygen atoms in total. The Morgan fingerprint density at radius 1 is 1.20 bits per heavy atom. The van der Waals surface area contributed by atoms with Crippen LogP contribution < -0.4 is 10.5 Å². The molecule has 0 saturated heterocycles. The maximum Gasteiger partial charge on any atom is 0.137 e. The topological polar surface area (TPSA) is 48.1 Å². The molecule has 0 aliphatic rings. The summed E-state index contributed by atoms with van der Waals surface area (Å²) in [4.78, 5) is 3.97. The first-order valence-electron chi connectivity index (χ1n) is 5.16. The van der Waals surface area contributed by atoms with Gasteiger partial charge in [-0.05, 0) is 31.5 Å². The highest BCUT2D eigenvalue weighted by atomic mass is 35.5. The standard InChI is InChI=1S/C11H18N2O.ClH/c12-7-3-1-2-4-9-14-11-6-5-8-13-10-11;/h5-6,8,10H,1-4,7,9,12H2;1H. The van der Waals surface area contributed by atoms with Gasteiger partial charge in [0.05, 0.1) is 12.8 Å². The van der Waals surface area contributed by atoms with Crippen LogP contribution in [0.25, 0.3) is 0 Å². The van der Waals surface area contributed by atoms with Gasteiger partial charge >= 0.3 is 0 Å². The number of nitrogens with zero attached hydrogens (tertiary/aromatic N) is 1. The molecular weight excluding hydrogens is 212 g/mol. The maximum atomic E-state index is 5.49. The number of nitrogens with two attached hydrogens (primary N) is 1. The van der Waals surface area contributed by atoms with Crippen LogP contribution in [0.5, 0.6) is 5.75 Å². The van der Waals surface area contributed by atoms with Gasteiger partial charge in [-0.2, -0.15) is 0 Å². The quantitative estimate of drug-likeness (QED) is 0.732. The van der Waals surface area contributed by atoms with Gasteiger partial charge in [-0.15, -0.1) is 12.4 Å². The Balaban J connectivity index is 0.00000196. The lowest BCUT2D eigenvalue weighted by molar-refractivity contribution is 0.303. The number of hydrogen-bond acceptors (Lipinski definition) is 3. The van der Waals surface area contributed by atoms with Crippen LogP contribution in [0.3, 0.4) is 0 Å². The van der Waals surface area contributed by atoms with Crippen LogP contribution in [-0.2, 0) is 0 Å². The number of unbranched alkanes of at least 4 members (excludes halogenated alkanes) is 3. The summed E-state index contributed by atoms with van der Waals surface area (Å²) in [7, 11) is 0. The van der Waals surface area contributed by atoms with Crippen LogP contribution >= 0.6 is 12.4 Å². The molecular formula is C11H19ClN2O. The van der Waals surface area contributed by atoms with Gasteiger partial charge in [0.25, 0.3) is 0 Å². The van der Waals surface area contributed by atoms with Crippen molar-refractivity contribution in [3.8, 4) is 5.75 Å². The number of pyridine rings is 1. The van der Waals surface area contributed by atoms with Crippen LogP contribution in [0.15, 0.2) is 24.5 Å². The van der Waals surface area contributed by atoms with E-state index < -0.39 is 0 Å². The molecule has 15 heavy (non-hydrogen) atoms. The third kappa shape index (κ3) is 7.17. The largest absolute Gasteiger partial charge is 0.492 e. The summed E-state index contributed by atoms with van der Waals surface area (Å²) >= 11 is 0. The third-order valence-electron chi connectivity index (χ3n) is 2.00. The van der Waals surface area contributed by atoms with Crippen LogP contribution in [0.4, 0.5) is 0 Å². The molecule has 0 aliphatic heterocycles. The van der Waals surface area contributed by atoms with E-state index in [1.54, 1.807) is 12.4 Å². The Hall–Kier alpha value is -0.800. The van der Waals surface area contributed by atoms with E-state index in [1.807, 2.05) is 12.1 Å². The molecule has 86 valence electrons. The van der Waals surface area contributed by atoms with E-state index in [-0.39, 0.29) is 12.4 Å². The number of rotatable bonds is 7. The first-order chi connectivity index (χ1) is 6.93. The highest BCUT2D eigenvalue weighted by Crippen LogP contribution is 2.07. The molecule has 0 aliphatic carbocycles. The molecule has 1 rings (SSSR count). The summed E-state index contributed by atoms with van der Waals surface area (Å²) in [5.41, 5.74) is 5.39. The Morgan fingerprint density at radius 3 is 2.67 bits per heavy atom. The smallest absolute Gasteiger partial charge is 0.137 e. The zero-order chi connectivity index (χ0) is 10.1. The molecule has 4 heteroatoms. The van der Waals surface area contributed by atoms with Crippen molar-refractivity contribution in [3.63, 3.8) is 0 Å². The Bertz CT molecular complexity index is 231. The van der Waals surface area contributed by atoms with Gasteiger partial charge < -0.3 is 10.5 Å². The number of ether oxygens (including phenoxy) is 1. The number of aromatic nitrogens is 1. The fraction of sp³-hybridized carbons (Fsp3) is 0.545. The van der Waals surface area contributed by atoms with Crippen molar-refractivity contribution in [2.24, 2.45) is 5.73 Å². The minimum Gasteiger partial charge on any atom is -0.492 e. The van der Waals surface area contributed by atoms with Gasteiger partial charge in [0.2, 0.25) is 0 Å². The summed E-state index contributed by atoms with van der Waals surface area (Å²) in [5, 5.41) is 0. The first kappa shape index (κ1) is 14.2. The Labute approximate surface area is 97.4 Å². The molecule has 0 fully saturated rings. The molecule has 0 radical (unpaired) electrons. The van der Waals surface area contributed by atoms with Crippen molar-refractivity contribution in [2.75, 3.05) is 13.2 Å². The van der Waals surface area contributed by atoms with E-state index in [2.05, 4.69) is 4.98 Å². The fourth-order valence-electron chi connectivity index (χ4n) is 1.22. The van der Waals surface area contributed by atoms with Gasteiger partial charge in [-0.3, -0.25) is 4.98 Å². The second-order valence-corrected chi connectivity index (χ2v) is 3.24. The van der Waals surface area contributed by atoms with Crippen molar-refractivity contribution in [2.45, 2.75) is 25.7 Å². The third-order valence-corrected chi connectivity index (χ3v) is 2.00. The minimum absolute atomic E-state index is 0. The first-order valence-corrected chi connectivity index (χ1v) is 5.16. The van der Waals surface area contributed by atoms with Crippen molar-refractivity contribution in [1.29, 1.82) is 0 Å². The van der Waals surface area contributed by atoms with E-state index in [4.69, 9.17) is 10.5 Å². The summed E-state index contributed by atoms with van der Waals surface area (Å²) in [6.45, 7) is 1.57. The summed E-state index contributed by atoms with van der Waals surface area (Å²) in [6.07, 6.45) is 8.08. The molecule has 0 unspecified atom stereocenters. The van der Waals surface area contributed by atoms with Crippen molar-refractivity contribution >= 4 is 12.4 Å². The van der Waals surface area contributed by atoms with Crippen molar-refractivity contribution in [1.82, 2.24) is 4.98 Å². The zero-order valence-electron chi connectivity index (χ0n) is 8.89. The van der Waals surface area contributed by atoms with Crippen LogP contribution in [0.2, 0.25) is 0 Å². The second-order valence-electron chi connectivity index (χ2n) is 3.24. The lowest BCUT2D eigenvalue weighted by Gasteiger charge is -2.04. The molecule has 0 atom stereocenters. The highest BCUT2D eigenvalue weighted by Gasteiger charge is 1.92. The molecule has 0 amide bonds. The van der Waals surface area contributed by atoms with Gasteiger partial charge in [0.1, 0.15) is 5.75 Å². The van der Waals surface area contributed by atoms with Crippen molar-refractivity contribution < 1.29 is 4.74 Å². The van der Waals surface area contributed by atoms with Gasteiger partial charge in [0.15, 0.2) is 0 Å². The Morgan fingerprint density at radius 2 is 2.00 bits per heavy atom. The summed E-state index contributed by atoms with van der Waals surface area (Å²) < 4.78 is 5.49. The summed E-state index contributed by atoms with van der Waals surface area (Å²) in [5.74, 6) is 0.853. The normalized spacial score (nSPS) is 9.40. The fourth-order valence-corrected chi connectivity index (χ4v) is 1.22. The predicted molar refractivity (Wildman–Crippen MR) is 64.5 cm³/mol. The van der Waals surface area contributed by atoms with E-state index in [0.29, 0.717) is 0 Å². The molecule has 1 aromatic heterocycles. The number of hydrogen-bond donors (Lipinski definition) is 1. The molecule has 0 saturated carbocycles. The molecule has 0 bridgehead atoms. The molecule has 0 aromatic carbocycles. The Kier molecular flexibility index (Phi) is 9.22. The zero-order valence-corrected chi connectivity index (χ0v) is 9.71. The lowest BCUT2D eigenvalue weighted by Crippen LogP contribution is -2.00. The summed E-state index contributed by atoms with van der Waals surface area (Å²) in [6, 6.07) is 3.80. The van der Waals surface area contributed by atoms with Gasteiger partial charge in [0, 0.05) is 6.20 Å². The van der Waals surface area contributed by atoms with E-state index >= 15 is 0 Å². The van der Waals surface area contributed by atoms with E-state index in [1.165, 1.54) is 12.8 Å². The monoisotopic (exact) mass is 230 g/mol. The average molecular weight is 231 g/mol. The molecule has 1 heterocycles. The van der Waals surface area contributed by atoms with E-state index in [0.717, 1.165) is 31.7 Å². The van der Waals surface area contributed by atoms with Gasteiger partial charge in [-0.1, -0.05) is 12.8 Å². The van der Waals surface area contributed by atoms with E-state index in [9.17, 15) is 0 Å². The average Bonchev–Trinajstić information content (AvgIpc) is 2.25.